The molecule has 242 valence electrons. The van der Waals surface area contributed by atoms with E-state index in [1.165, 1.54) is 56.7 Å². The van der Waals surface area contributed by atoms with E-state index >= 15 is 0 Å². The van der Waals surface area contributed by atoms with E-state index in [1.54, 1.807) is 18.2 Å². The number of hydrogen-bond acceptors (Lipinski definition) is 10. The Labute approximate surface area is 278 Å². The zero-order valence-electron chi connectivity index (χ0n) is 23.7. The monoisotopic (exact) mass is 704 g/mol. The smallest absolute Gasteiger partial charge is 0.330 e. The molecule has 0 radical (unpaired) electrons. The molecule has 0 fully saturated rings. The number of carbonyl (C=O) groups excluding carboxylic acids is 4. The van der Waals surface area contributed by atoms with E-state index in [0.29, 0.717) is 11.1 Å². The molecule has 4 N–H and O–H groups in total. The molecule has 2 amide bonds. The van der Waals surface area contributed by atoms with Crippen LogP contribution in [-0.2, 0) is 19.2 Å². The van der Waals surface area contributed by atoms with Crippen LogP contribution in [0.25, 0.3) is 12.2 Å². The molecule has 1 atom stereocenters. The van der Waals surface area contributed by atoms with E-state index in [-0.39, 0.29) is 35.3 Å². The van der Waals surface area contributed by atoms with Gasteiger partial charge >= 0.3 is 5.97 Å². The van der Waals surface area contributed by atoms with E-state index in [0.717, 1.165) is 6.08 Å². The maximum absolute atomic E-state index is 12.3. The minimum absolute atomic E-state index is 0.0734. The van der Waals surface area contributed by atoms with Crippen molar-refractivity contribution in [2.24, 2.45) is 0 Å². The summed E-state index contributed by atoms with van der Waals surface area (Å²) in [5, 5.41) is 24.7. The highest BCUT2D eigenvalue weighted by atomic mass is 35.5. The number of alkyl halides is 4. The predicted molar refractivity (Wildman–Crippen MR) is 169 cm³/mol. The van der Waals surface area contributed by atoms with E-state index in [4.69, 9.17) is 65.4 Å². The largest absolute Gasteiger partial charge is 0.508 e. The fourth-order valence-electron chi connectivity index (χ4n) is 3.21. The summed E-state index contributed by atoms with van der Waals surface area (Å²) >= 11 is 21.7. The summed E-state index contributed by atoms with van der Waals surface area (Å²) < 4.78 is 21.0. The van der Waals surface area contributed by atoms with Crippen molar-refractivity contribution in [3.63, 3.8) is 0 Å². The molecule has 0 aliphatic heterocycles. The molecule has 0 aromatic heterocycles. The number of carbonyl (C=O) groups is 4. The lowest BCUT2D eigenvalue weighted by Crippen LogP contribution is -2.37. The first-order valence-electron chi connectivity index (χ1n) is 12.7. The molecule has 1 unspecified atom stereocenters. The molecule has 2 aromatic rings. The summed E-state index contributed by atoms with van der Waals surface area (Å²) in [6.45, 7) is -0.744. The molecule has 0 bridgehead atoms. The van der Waals surface area contributed by atoms with Crippen molar-refractivity contribution in [3.05, 3.63) is 71.5 Å². The van der Waals surface area contributed by atoms with Crippen molar-refractivity contribution in [1.82, 2.24) is 10.6 Å². The molecular formula is C29H28Cl4N2O10. The number of hydrogen-bond donors (Lipinski definition) is 4. The Bertz CT molecular complexity index is 1460. The Morgan fingerprint density at radius 2 is 1.33 bits per heavy atom. The van der Waals surface area contributed by atoms with Crippen LogP contribution in [-0.4, -0.2) is 77.1 Å². The molecule has 45 heavy (non-hydrogen) atoms. The zero-order valence-corrected chi connectivity index (χ0v) is 26.7. The number of methoxy groups -OCH3 is 2. The Morgan fingerprint density at radius 1 is 0.800 bits per heavy atom. The lowest BCUT2D eigenvalue weighted by molar-refractivity contribution is -0.135. The highest BCUT2D eigenvalue weighted by Gasteiger charge is 2.17. The van der Waals surface area contributed by atoms with Gasteiger partial charge in [-0.2, -0.15) is 0 Å². The van der Waals surface area contributed by atoms with Gasteiger partial charge in [0.2, 0.25) is 6.29 Å². The fourth-order valence-corrected chi connectivity index (χ4v) is 3.52. The van der Waals surface area contributed by atoms with Gasteiger partial charge in [-0.15, -0.1) is 0 Å². The molecule has 2 aromatic carbocycles. The third kappa shape index (κ3) is 13.3. The number of benzene rings is 2. The van der Waals surface area contributed by atoms with Gasteiger partial charge in [0, 0.05) is 6.08 Å². The number of amides is 2. The first-order chi connectivity index (χ1) is 21.3. The van der Waals surface area contributed by atoms with Crippen LogP contribution in [0.15, 0.2) is 60.4 Å². The Balaban J connectivity index is 1.99. The average Bonchev–Trinajstić information content (AvgIpc) is 3.01. The minimum atomic E-state index is -1.42. The van der Waals surface area contributed by atoms with Gasteiger partial charge < -0.3 is 39.8 Å². The third-order valence-electron chi connectivity index (χ3n) is 5.29. The number of allylic oxidation sites excluding steroid dienone is 3. The van der Waals surface area contributed by atoms with Gasteiger partial charge in [-0.3, -0.25) is 14.4 Å². The van der Waals surface area contributed by atoms with Crippen LogP contribution >= 0.6 is 46.4 Å². The number of ketones is 1. The normalized spacial score (nSPS) is 12.3. The SMILES string of the molecule is COc1cc(/C=C/C(=O)C=C(O)/C=C/c2ccc(OC(O)CNC(=O)C(Cl)Cl)c(OC)c2)ccc1OC(=O)CNC(=O)C(Cl)Cl. The van der Waals surface area contributed by atoms with Crippen LogP contribution in [0.4, 0.5) is 0 Å². The fraction of sp³-hybridized carbons (Fsp3) is 0.241. The van der Waals surface area contributed by atoms with Crippen molar-refractivity contribution >= 4 is 82.1 Å². The highest BCUT2D eigenvalue weighted by Crippen LogP contribution is 2.30. The summed E-state index contributed by atoms with van der Waals surface area (Å²) in [5.41, 5.74) is 1.09. The van der Waals surface area contributed by atoms with Crippen molar-refractivity contribution in [2.75, 3.05) is 27.3 Å². The van der Waals surface area contributed by atoms with Crippen molar-refractivity contribution < 1.29 is 48.3 Å². The van der Waals surface area contributed by atoms with Crippen LogP contribution in [0.1, 0.15) is 11.1 Å². The van der Waals surface area contributed by atoms with E-state index < -0.39 is 46.1 Å². The lowest BCUT2D eigenvalue weighted by Gasteiger charge is -2.17. The molecule has 0 saturated carbocycles. The van der Waals surface area contributed by atoms with Crippen molar-refractivity contribution in [3.8, 4) is 23.0 Å². The number of aliphatic hydroxyl groups is 2. The van der Waals surface area contributed by atoms with Crippen molar-refractivity contribution in [1.29, 1.82) is 0 Å². The number of ether oxygens (including phenoxy) is 4. The van der Waals surface area contributed by atoms with Crippen LogP contribution < -0.4 is 29.6 Å². The summed E-state index contributed by atoms with van der Waals surface area (Å²) in [4.78, 5) is 44.5. The van der Waals surface area contributed by atoms with Crippen LogP contribution in [0, 0.1) is 0 Å². The number of rotatable bonds is 16. The van der Waals surface area contributed by atoms with Gasteiger partial charge in [-0.25, -0.2) is 4.79 Å². The summed E-state index contributed by atoms with van der Waals surface area (Å²) in [5.74, 6) is -2.43. The van der Waals surface area contributed by atoms with Gasteiger partial charge in [-0.1, -0.05) is 70.7 Å². The van der Waals surface area contributed by atoms with Gasteiger partial charge in [0.05, 0.1) is 20.8 Å². The molecule has 0 saturated heterocycles. The van der Waals surface area contributed by atoms with Gasteiger partial charge in [0.15, 0.2) is 38.5 Å². The molecule has 16 heteroatoms. The summed E-state index contributed by atoms with van der Waals surface area (Å²) in [7, 11) is 2.74. The Kier molecular flexibility index (Phi) is 15.5. The molecule has 0 aliphatic rings. The molecule has 0 spiro atoms. The van der Waals surface area contributed by atoms with Crippen LogP contribution in [0.5, 0.6) is 23.0 Å². The van der Waals surface area contributed by atoms with E-state index in [2.05, 4.69) is 10.6 Å². The Morgan fingerprint density at radius 3 is 1.91 bits per heavy atom. The third-order valence-corrected chi connectivity index (χ3v) is 6.09. The average molecular weight is 706 g/mol. The number of nitrogens with one attached hydrogen (secondary N) is 2. The first-order valence-corrected chi connectivity index (χ1v) is 14.4. The molecule has 2 rings (SSSR count). The standard InChI is InChI=1S/C29H28Cl4N2O10/c1-42-22-11-16(5-9-20(22)44-24(38)14-34-28(40)26(30)31)3-7-18(36)13-19(37)8-4-17-6-10-21(23(12-17)43-2)45-25(39)15-35-29(41)27(32)33/h3-13,24,26-27,36,38H,14-15H2,1-2H3,(H,34,40)(H,35,41)/b7-3+,8-4+,18-13?. The molecular weight excluding hydrogens is 678 g/mol. The van der Waals surface area contributed by atoms with Gasteiger partial charge in [-0.05, 0) is 47.5 Å². The quantitative estimate of drug-likeness (QED) is 0.0382. The second kappa shape index (κ2) is 18.8. The second-order valence-corrected chi connectivity index (χ2v) is 10.8. The lowest BCUT2D eigenvalue weighted by atomic mass is 10.1. The summed E-state index contributed by atoms with van der Waals surface area (Å²) in [6, 6.07) is 9.15. The predicted octanol–water partition coefficient (Wildman–Crippen LogP) is 3.88. The Hall–Kier alpha value is -3.94. The molecule has 0 aliphatic carbocycles. The first kappa shape index (κ1) is 37.2. The second-order valence-electron chi connectivity index (χ2n) is 8.57. The number of aliphatic hydroxyl groups excluding tert-OH is 2. The minimum Gasteiger partial charge on any atom is -0.508 e. The topological polar surface area (TPSA) is 170 Å². The highest BCUT2D eigenvalue weighted by molar-refractivity contribution is 6.54. The van der Waals surface area contributed by atoms with Crippen LogP contribution in [0.2, 0.25) is 0 Å². The number of halogens is 4. The maximum atomic E-state index is 12.3. The summed E-state index contributed by atoms with van der Waals surface area (Å²) in [6.07, 6.45) is 5.03. The van der Waals surface area contributed by atoms with Gasteiger partial charge in [0.25, 0.3) is 11.8 Å². The van der Waals surface area contributed by atoms with E-state index in [1.807, 2.05) is 0 Å². The molecule has 12 nitrogen and oxygen atoms in total. The maximum Gasteiger partial charge on any atom is 0.330 e. The van der Waals surface area contributed by atoms with Crippen LogP contribution in [0.3, 0.4) is 0 Å². The molecule has 0 heterocycles. The number of esters is 1. The zero-order chi connectivity index (χ0) is 33.5. The van der Waals surface area contributed by atoms with E-state index in [9.17, 15) is 29.4 Å². The van der Waals surface area contributed by atoms with Crippen molar-refractivity contribution in [2.45, 2.75) is 16.0 Å². The van der Waals surface area contributed by atoms with Gasteiger partial charge in [0.1, 0.15) is 12.3 Å².